The summed E-state index contributed by atoms with van der Waals surface area (Å²) >= 11 is 0. The van der Waals surface area contributed by atoms with Crippen LogP contribution in [0.2, 0.25) is 0 Å². The molecule has 0 aliphatic rings. The fourth-order valence-corrected chi connectivity index (χ4v) is 1.53. The molecule has 94 valence electrons. The third kappa shape index (κ3) is 3.15. The van der Waals surface area contributed by atoms with E-state index in [4.69, 9.17) is 5.11 Å². The predicted molar refractivity (Wildman–Crippen MR) is 66.6 cm³/mol. The second-order valence-corrected chi connectivity index (χ2v) is 4.10. The van der Waals surface area contributed by atoms with Gasteiger partial charge in [0, 0.05) is 25.1 Å². The van der Waals surface area contributed by atoms with Gasteiger partial charge in [0.25, 0.3) is 0 Å². The smallest absolute Gasteiger partial charge is 0.354 e. The Kier molecular flexibility index (Phi) is 4.43. The molecule has 0 saturated heterocycles. The Balaban J connectivity index is 3.25. The first-order chi connectivity index (χ1) is 7.99. The van der Waals surface area contributed by atoms with Gasteiger partial charge in [-0.2, -0.15) is 0 Å². The summed E-state index contributed by atoms with van der Waals surface area (Å²) in [5, 5.41) is 9.03. The van der Waals surface area contributed by atoms with Gasteiger partial charge in [-0.3, -0.25) is 0 Å². The highest BCUT2D eigenvalue weighted by molar-refractivity contribution is 5.86. The molecule has 0 bridgehead atoms. The zero-order chi connectivity index (χ0) is 13.0. The quantitative estimate of drug-likeness (QED) is 0.849. The fourth-order valence-electron chi connectivity index (χ4n) is 1.53. The van der Waals surface area contributed by atoms with Crippen molar-refractivity contribution in [1.82, 2.24) is 9.97 Å². The highest BCUT2D eigenvalue weighted by Gasteiger charge is 2.14. The molecule has 0 aromatic carbocycles. The molecular weight excluding hydrogens is 218 g/mol. The monoisotopic (exact) mass is 237 g/mol. The van der Waals surface area contributed by atoms with E-state index in [0.29, 0.717) is 11.6 Å². The number of carboxylic acid groups (broad SMARTS) is 1. The summed E-state index contributed by atoms with van der Waals surface area (Å²) in [6.07, 6.45) is 0. The molecule has 0 atom stereocenters. The molecule has 0 saturated carbocycles. The van der Waals surface area contributed by atoms with Crippen LogP contribution in [0.4, 0.5) is 5.82 Å². The standard InChI is InChI=1S/C12H19N3O2/c1-5-15(6-2)10-7-9(12(16)17)13-11(14-10)8(3)4/h7-8H,5-6H2,1-4H3,(H,16,17). The molecular formula is C12H19N3O2. The number of nitrogens with zero attached hydrogens (tertiary/aromatic N) is 3. The first-order valence-corrected chi connectivity index (χ1v) is 5.86. The number of carboxylic acids is 1. The number of hydrogen-bond donors (Lipinski definition) is 1. The van der Waals surface area contributed by atoms with Gasteiger partial charge in [0.05, 0.1) is 0 Å². The van der Waals surface area contributed by atoms with Gasteiger partial charge in [0.1, 0.15) is 11.6 Å². The average Bonchev–Trinajstić information content (AvgIpc) is 2.30. The minimum absolute atomic E-state index is 0.0607. The Morgan fingerprint density at radius 3 is 2.35 bits per heavy atom. The van der Waals surface area contributed by atoms with Gasteiger partial charge in [0.2, 0.25) is 0 Å². The van der Waals surface area contributed by atoms with Gasteiger partial charge in [-0.15, -0.1) is 0 Å². The number of carbonyl (C=O) groups is 1. The maximum absolute atomic E-state index is 11.0. The lowest BCUT2D eigenvalue weighted by Crippen LogP contribution is -2.24. The molecule has 1 aromatic rings. The number of rotatable bonds is 5. The van der Waals surface area contributed by atoms with E-state index < -0.39 is 5.97 Å². The molecule has 5 nitrogen and oxygen atoms in total. The van der Waals surface area contributed by atoms with E-state index in [0.717, 1.165) is 13.1 Å². The van der Waals surface area contributed by atoms with Crippen molar-refractivity contribution in [2.75, 3.05) is 18.0 Å². The van der Waals surface area contributed by atoms with E-state index in [-0.39, 0.29) is 11.6 Å². The second kappa shape index (κ2) is 5.61. The summed E-state index contributed by atoms with van der Waals surface area (Å²) in [6, 6.07) is 1.53. The lowest BCUT2D eigenvalue weighted by molar-refractivity contribution is 0.0690. The van der Waals surface area contributed by atoms with Crippen molar-refractivity contribution in [1.29, 1.82) is 0 Å². The predicted octanol–water partition coefficient (Wildman–Crippen LogP) is 2.14. The first kappa shape index (κ1) is 13.4. The topological polar surface area (TPSA) is 66.3 Å². The third-order valence-electron chi connectivity index (χ3n) is 2.55. The Hall–Kier alpha value is -1.65. The van der Waals surface area contributed by atoms with E-state index in [1.165, 1.54) is 6.07 Å². The summed E-state index contributed by atoms with van der Waals surface area (Å²) in [5.41, 5.74) is 0.0607. The molecule has 0 aliphatic heterocycles. The van der Waals surface area contributed by atoms with Crippen LogP contribution in [-0.2, 0) is 0 Å². The molecule has 17 heavy (non-hydrogen) atoms. The molecule has 0 amide bonds. The van der Waals surface area contributed by atoms with Crippen LogP contribution in [0.15, 0.2) is 6.07 Å². The van der Waals surface area contributed by atoms with Gasteiger partial charge < -0.3 is 10.0 Å². The van der Waals surface area contributed by atoms with Crippen molar-refractivity contribution < 1.29 is 9.90 Å². The largest absolute Gasteiger partial charge is 0.477 e. The molecule has 0 radical (unpaired) electrons. The van der Waals surface area contributed by atoms with Crippen molar-refractivity contribution in [2.45, 2.75) is 33.6 Å². The molecule has 5 heteroatoms. The lowest BCUT2D eigenvalue weighted by Gasteiger charge is -2.21. The van der Waals surface area contributed by atoms with Crippen LogP contribution in [0.1, 0.15) is 49.9 Å². The van der Waals surface area contributed by atoms with E-state index in [2.05, 4.69) is 9.97 Å². The SMILES string of the molecule is CCN(CC)c1cc(C(=O)O)nc(C(C)C)n1. The molecule has 0 aliphatic carbocycles. The molecule has 1 rings (SSSR count). The Bertz CT molecular complexity index is 401. The Labute approximate surface area is 102 Å². The first-order valence-electron chi connectivity index (χ1n) is 5.86. The van der Waals surface area contributed by atoms with E-state index in [9.17, 15) is 4.79 Å². The minimum Gasteiger partial charge on any atom is -0.477 e. The van der Waals surface area contributed by atoms with Crippen molar-refractivity contribution in [2.24, 2.45) is 0 Å². The minimum atomic E-state index is -1.01. The molecule has 0 unspecified atom stereocenters. The van der Waals surface area contributed by atoms with Crippen LogP contribution >= 0.6 is 0 Å². The summed E-state index contributed by atoms with van der Waals surface area (Å²) in [7, 11) is 0. The summed E-state index contributed by atoms with van der Waals surface area (Å²) in [6.45, 7) is 9.52. The van der Waals surface area contributed by atoms with Gasteiger partial charge in [0.15, 0.2) is 5.69 Å². The summed E-state index contributed by atoms with van der Waals surface area (Å²) in [5.74, 6) is 0.365. The normalized spacial score (nSPS) is 10.6. The molecule has 1 heterocycles. The maximum atomic E-state index is 11.0. The highest BCUT2D eigenvalue weighted by Crippen LogP contribution is 2.17. The number of aromatic nitrogens is 2. The molecule has 1 N–H and O–H groups in total. The van der Waals surface area contributed by atoms with Crippen LogP contribution in [0, 0.1) is 0 Å². The number of anilines is 1. The summed E-state index contributed by atoms with van der Waals surface area (Å²) in [4.78, 5) is 21.5. The van der Waals surface area contributed by atoms with E-state index in [1.54, 1.807) is 0 Å². The van der Waals surface area contributed by atoms with Crippen LogP contribution in [-0.4, -0.2) is 34.1 Å². The number of hydrogen-bond acceptors (Lipinski definition) is 4. The van der Waals surface area contributed by atoms with Crippen molar-refractivity contribution in [3.63, 3.8) is 0 Å². The fraction of sp³-hybridized carbons (Fsp3) is 0.583. The van der Waals surface area contributed by atoms with Crippen LogP contribution in [0.25, 0.3) is 0 Å². The van der Waals surface area contributed by atoms with Crippen LogP contribution < -0.4 is 4.90 Å². The highest BCUT2D eigenvalue weighted by atomic mass is 16.4. The number of aromatic carboxylic acids is 1. The second-order valence-electron chi connectivity index (χ2n) is 4.10. The molecule has 1 aromatic heterocycles. The van der Waals surface area contributed by atoms with Crippen LogP contribution in [0.5, 0.6) is 0 Å². The van der Waals surface area contributed by atoms with Gasteiger partial charge in [-0.05, 0) is 13.8 Å². The van der Waals surface area contributed by atoms with Gasteiger partial charge in [-0.25, -0.2) is 14.8 Å². The van der Waals surface area contributed by atoms with Crippen molar-refractivity contribution in [3.8, 4) is 0 Å². The maximum Gasteiger partial charge on any atom is 0.354 e. The van der Waals surface area contributed by atoms with Gasteiger partial charge >= 0.3 is 5.97 Å². The van der Waals surface area contributed by atoms with Crippen LogP contribution in [0.3, 0.4) is 0 Å². The Morgan fingerprint density at radius 2 is 1.94 bits per heavy atom. The Morgan fingerprint density at radius 1 is 1.35 bits per heavy atom. The zero-order valence-corrected chi connectivity index (χ0v) is 10.8. The lowest BCUT2D eigenvalue weighted by atomic mass is 10.2. The van der Waals surface area contributed by atoms with E-state index >= 15 is 0 Å². The van der Waals surface area contributed by atoms with Gasteiger partial charge in [-0.1, -0.05) is 13.8 Å². The average molecular weight is 237 g/mol. The van der Waals surface area contributed by atoms with Crippen molar-refractivity contribution >= 4 is 11.8 Å². The van der Waals surface area contributed by atoms with E-state index in [1.807, 2.05) is 32.6 Å². The molecule has 0 spiro atoms. The molecule has 0 fully saturated rings. The zero-order valence-electron chi connectivity index (χ0n) is 10.8. The summed E-state index contributed by atoms with van der Waals surface area (Å²) < 4.78 is 0. The third-order valence-corrected chi connectivity index (χ3v) is 2.55. The van der Waals surface area contributed by atoms with Crippen molar-refractivity contribution in [3.05, 3.63) is 17.6 Å².